The first-order chi connectivity index (χ1) is 12.6. The van der Waals surface area contributed by atoms with E-state index in [4.69, 9.17) is 10.5 Å². The van der Waals surface area contributed by atoms with Crippen LogP contribution in [0.5, 0.6) is 5.75 Å². The molecule has 6 nitrogen and oxygen atoms in total. The number of hydrogen-bond donors (Lipinski definition) is 2. The van der Waals surface area contributed by atoms with Crippen LogP contribution in [-0.2, 0) is 13.1 Å². The van der Waals surface area contributed by atoms with Crippen LogP contribution >= 0.6 is 0 Å². The molecule has 0 unspecified atom stereocenters. The minimum absolute atomic E-state index is 0.438. The third kappa shape index (κ3) is 4.94. The van der Waals surface area contributed by atoms with Gasteiger partial charge in [0, 0.05) is 24.4 Å². The van der Waals surface area contributed by atoms with Crippen molar-refractivity contribution in [1.82, 2.24) is 14.9 Å². The second-order valence-corrected chi connectivity index (χ2v) is 6.11. The van der Waals surface area contributed by atoms with Crippen LogP contribution in [0.3, 0.4) is 0 Å². The predicted octanol–water partition coefficient (Wildman–Crippen LogP) is 3.44. The molecule has 0 radical (unpaired) electrons. The monoisotopic (exact) mass is 349 g/mol. The molecule has 3 rings (SSSR count). The van der Waals surface area contributed by atoms with Gasteiger partial charge in [0.25, 0.3) is 0 Å². The molecule has 0 aliphatic carbocycles. The maximum Gasteiger partial charge on any atom is 0.147 e. The zero-order valence-electron chi connectivity index (χ0n) is 15.0. The summed E-state index contributed by atoms with van der Waals surface area (Å²) in [7, 11) is 3.68. The molecule has 1 aromatic heterocycles. The Balaban J connectivity index is 1.70. The maximum atomic E-state index is 5.96. The number of rotatable bonds is 7. The number of nitrogens with zero attached hydrogens (tertiary/aromatic N) is 3. The number of nitrogen functional groups attached to an aromatic ring is 1. The summed E-state index contributed by atoms with van der Waals surface area (Å²) >= 11 is 0. The van der Waals surface area contributed by atoms with Crippen LogP contribution in [0.2, 0.25) is 0 Å². The summed E-state index contributed by atoms with van der Waals surface area (Å²) in [4.78, 5) is 11.1. The SMILES string of the molecule is COc1cccc(Nc2cc(N)nc(CN(C)Cc3ccccc3)n2)c1. The third-order valence-corrected chi connectivity index (χ3v) is 3.84. The topological polar surface area (TPSA) is 76.3 Å². The second-order valence-electron chi connectivity index (χ2n) is 6.11. The van der Waals surface area contributed by atoms with Crippen LogP contribution in [0.15, 0.2) is 60.7 Å². The number of anilines is 3. The van der Waals surface area contributed by atoms with E-state index in [1.807, 2.05) is 49.5 Å². The highest BCUT2D eigenvalue weighted by Gasteiger charge is 2.08. The smallest absolute Gasteiger partial charge is 0.147 e. The van der Waals surface area contributed by atoms with Gasteiger partial charge in [-0.05, 0) is 24.7 Å². The van der Waals surface area contributed by atoms with E-state index in [0.29, 0.717) is 24.0 Å². The van der Waals surface area contributed by atoms with E-state index in [1.165, 1.54) is 5.56 Å². The van der Waals surface area contributed by atoms with E-state index in [9.17, 15) is 0 Å². The molecule has 26 heavy (non-hydrogen) atoms. The molecule has 0 atom stereocenters. The maximum absolute atomic E-state index is 5.96. The van der Waals surface area contributed by atoms with E-state index < -0.39 is 0 Å². The summed E-state index contributed by atoms with van der Waals surface area (Å²) in [5, 5.41) is 3.25. The van der Waals surface area contributed by atoms with E-state index in [-0.39, 0.29) is 0 Å². The van der Waals surface area contributed by atoms with Crippen molar-refractivity contribution in [3.63, 3.8) is 0 Å². The fraction of sp³-hybridized carbons (Fsp3) is 0.200. The number of benzene rings is 2. The van der Waals surface area contributed by atoms with Crippen LogP contribution in [0.25, 0.3) is 0 Å². The first kappa shape index (κ1) is 17.7. The molecular formula is C20H23N5O. The van der Waals surface area contributed by atoms with Crippen LogP contribution in [0.4, 0.5) is 17.3 Å². The Morgan fingerprint density at radius 3 is 2.58 bits per heavy atom. The summed E-state index contributed by atoms with van der Waals surface area (Å²) in [5.41, 5.74) is 8.09. The van der Waals surface area contributed by atoms with E-state index in [1.54, 1.807) is 13.2 Å². The first-order valence-electron chi connectivity index (χ1n) is 8.39. The molecule has 0 aliphatic rings. The fourth-order valence-electron chi connectivity index (χ4n) is 2.69. The van der Waals surface area contributed by atoms with Crippen LogP contribution in [0.1, 0.15) is 11.4 Å². The van der Waals surface area contributed by atoms with Gasteiger partial charge in [-0.15, -0.1) is 0 Å². The van der Waals surface area contributed by atoms with Crippen molar-refractivity contribution in [3.05, 3.63) is 72.1 Å². The lowest BCUT2D eigenvalue weighted by molar-refractivity contribution is 0.311. The van der Waals surface area contributed by atoms with Crippen molar-refractivity contribution in [1.29, 1.82) is 0 Å². The molecule has 0 amide bonds. The molecule has 3 aromatic rings. The van der Waals surface area contributed by atoms with Gasteiger partial charge in [-0.3, -0.25) is 4.90 Å². The number of aromatic nitrogens is 2. The molecule has 0 saturated carbocycles. The molecule has 1 heterocycles. The Morgan fingerprint density at radius 2 is 1.81 bits per heavy atom. The van der Waals surface area contributed by atoms with Crippen LogP contribution in [-0.4, -0.2) is 29.0 Å². The number of methoxy groups -OCH3 is 1. The molecule has 2 aromatic carbocycles. The van der Waals surface area contributed by atoms with Crippen molar-refractivity contribution in [3.8, 4) is 5.75 Å². The highest BCUT2D eigenvalue weighted by molar-refractivity contribution is 5.60. The lowest BCUT2D eigenvalue weighted by Crippen LogP contribution is -2.19. The van der Waals surface area contributed by atoms with Gasteiger partial charge in [-0.2, -0.15) is 0 Å². The van der Waals surface area contributed by atoms with Gasteiger partial charge in [0.1, 0.15) is 23.2 Å². The van der Waals surface area contributed by atoms with E-state index in [0.717, 1.165) is 18.0 Å². The molecular weight excluding hydrogens is 326 g/mol. The standard InChI is InChI=1S/C20H23N5O/c1-25(13-15-7-4-3-5-8-15)14-20-23-18(21)12-19(24-20)22-16-9-6-10-17(11-16)26-2/h3-12H,13-14H2,1-2H3,(H3,21,22,23,24). The lowest BCUT2D eigenvalue weighted by Gasteiger charge is -2.16. The van der Waals surface area contributed by atoms with E-state index in [2.05, 4.69) is 32.3 Å². The molecule has 0 bridgehead atoms. The van der Waals surface area contributed by atoms with Gasteiger partial charge in [-0.25, -0.2) is 9.97 Å². The number of nitrogens with one attached hydrogen (secondary N) is 1. The largest absolute Gasteiger partial charge is 0.497 e. The van der Waals surface area contributed by atoms with Gasteiger partial charge >= 0.3 is 0 Å². The summed E-state index contributed by atoms with van der Waals surface area (Å²) in [6.07, 6.45) is 0. The van der Waals surface area contributed by atoms with Crippen molar-refractivity contribution in [2.24, 2.45) is 0 Å². The number of nitrogens with two attached hydrogens (primary N) is 1. The lowest BCUT2D eigenvalue weighted by atomic mass is 10.2. The normalized spacial score (nSPS) is 10.7. The van der Waals surface area contributed by atoms with E-state index >= 15 is 0 Å². The molecule has 3 N–H and O–H groups in total. The summed E-state index contributed by atoms with van der Waals surface area (Å²) in [5.74, 6) is 2.55. The van der Waals surface area contributed by atoms with Gasteiger partial charge in [0.2, 0.25) is 0 Å². The average Bonchev–Trinajstić information content (AvgIpc) is 2.62. The molecule has 0 aliphatic heterocycles. The van der Waals surface area contributed by atoms with Gasteiger partial charge in [0.05, 0.1) is 13.7 Å². The van der Waals surface area contributed by atoms with Gasteiger partial charge < -0.3 is 15.8 Å². The molecule has 0 spiro atoms. The van der Waals surface area contributed by atoms with Crippen molar-refractivity contribution < 1.29 is 4.74 Å². The third-order valence-electron chi connectivity index (χ3n) is 3.84. The Labute approximate surface area is 153 Å². The quantitative estimate of drug-likeness (QED) is 0.680. The molecule has 0 saturated heterocycles. The van der Waals surface area contributed by atoms with Crippen LogP contribution < -0.4 is 15.8 Å². The summed E-state index contributed by atoms with van der Waals surface area (Å²) in [6, 6.07) is 19.7. The second kappa shape index (κ2) is 8.31. The van der Waals surface area contributed by atoms with Gasteiger partial charge in [-0.1, -0.05) is 36.4 Å². The Kier molecular flexibility index (Phi) is 5.66. The predicted molar refractivity (Wildman–Crippen MR) is 104 cm³/mol. The first-order valence-corrected chi connectivity index (χ1v) is 8.39. The van der Waals surface area contributed by atoms with Crippen molar-refractivity contribution in [2.75, 3.05) is 25.2 Å². The minimum Gasteiger partial charge on any atom is -0.497 e. The Hall–Kier alpha value is -3.12. The fourth-order valence-corrected chi connectivity index (χ4v) is 2.69. The Morgan fingerprint density at radius 1 is 1.00 bits per heavy atom. The van der Waals surface area contributed by atoms with Crippen molar-refractivity contribution in [2.45, 2.75) is 13.1 Å². The highest BCUT2D eigenvalue weighted by Crippen LogP contribution is 2.21. The van der Waals surface area contributed by atoms with Crippen LogP contribution in [0, 0.1) is 0 Å². The summed E-state index contributed by atoms with van der Waals surface area (Å²) < 4.78 is 5.25. The number of hydrogen-bond acceptors (Lipinski definition) is 6. The highest BCUT2D eigenvalue weighted by atomic mass is 16.5. The molecule has 0 fully saturated rings. The van der Waals surface area contributed by atoms with Gasteiger partial charge in [0.15, 0.2) is 0 Å². The number of ether oxygens (including phenoxy) is 1. The van der Waals surface area contributed by atoms with Crippen molar-refractivity contribution >= 4 is 17.3 Å². The molecule has 6 heteroatoms. The Bertz CT molecular complexity index is 854. The average molecular weight is 349 g/mol. The minimum atomic E-state index is 0.438. The molecule has 134 valence electrons. The zero-order valence-corrected chi connectivity index (χ0v) is 15.0. The summed E-state index contributed by atoms with van der Waals surface area (Å²) in [6.45, 7) is 1.42. The zero-order chi connectivity index (χ0) is 18.4.